The zero-order chi connectivity index (χ0) is 14.9. The van der Waals surface area contributed by atoms with Gasteiger partial charge in [-0.15, -0.1) is 17.5 Å². The van der Waals surface area contributed by atoms with Crippen molar-refractivity contribution in [1.29, 1.82) is 0 Å². The van der Waals surface area contributed by atoms with E-state index in [1.807, 2.05) is 0 Å². The van der Waals surface area contributed by atoms with Crippen LogP contribution in [0.4, 0.5) is 18.9 Å². The molecule has 1 N–H and O–H groups in total. The molecule has 2 aromatic rings. The van der Waals surface area contributed by atoms with Crippen molar-refractivity contribution in [2.75, 3.05) is 12.4 Å². The highest BCUT2D eigenvalue weighted by molar-refractivity contribution is 5.85. The van der Waals surface area contributed by atoms with E-state index >= 15 is 0 Å². The molecule has 0 aliphatic heterocycles. The average molecular weight is 326 g/mol. The second-order valence-electron chi connectivity index (χ2n) is 4.25. The Hall–Kier alpha value is -1.90. The Balaban J connectivity index is 0.00000220. The number of aromatic nitrogens is 4. The van der Waals surface area contributed by atoms with Gasteiger partial charge < -0.3 is 10.1 Å². The lowest BCUT2D eigenvalue weighted by Crippen LogP contribution is -2.11. The van der Waals surface area contributed by atoms with Crippen LogP contribution in [0.5, 0.6) is 5.88 Å². The predicted molar refractivity (Wildman–Crippen MR) is 72.5 cm³/mol. The van der Waals surface area contributed by atoms with Crippen LogP contribution >= 0.6 is 12.4 Å². The first kappa shape index (κ1) is 17.2. The van der Waals surface area contributed by atoms with Gasteiger partial charge in [0.25, 0.3) is 5.88 Å². The predicted octanol–water partition coefficient (Wildman–Crippen LogP) is 2.21. The Labute approximate surface area is 125 Å². The molecule has 21 heavy (non-hydrogen) atoms. The fraction of sp³-hybridized carbons (Fsp3) is 0.455. The average Bonchev–Trinajstić information content (AvgIpc) is 2.88. The molecule has 2 heterocycles. The molecule has 0 amide bonds. The molecule has 10 heteroatoms. The van der Waals surface area contributed by atoms with Crippen molar-refractivity contribution in [3.05, 3.63) is 23.7 Å². The second-order valence-corrected chi connectivity index (χ2v) is 4.25. The molecular weight excluding hydrogens is 311 g/mol. The van der Waals surface area contributed by atoms with E-state index in [-0.39, 0.29) is 24.5 Å². The zero-order valence-electron chi connectivity index (χ0n) is 11.6. The summed E-state index contributed by atoms with van der Waals surface area (Å²) in [7, 11) is 4.58. The number of anilines is 1. The molecule has 2 rings (SSSR count). The molecule has 118 valence electrons. The molecule has 0 unspecified atom stereocenters. The van der Waals surface area contributed by atoms with Crippen molar-refractivity contribution >= 4 is 18.1 Å². The molecule has 0 atom stereocenters. The van der Waals surface area contributed by atoms with Gasteiger partial charge in [0.15, 0.2) is 5.69 Å². The molecule has 0 aliphatic rings. The maximum absolute atomic E-state index is 12.8. The van der Waals surface area contributed by atoms with Gasteiger partial charge in [-0.1, -0.05) is 0 Å². The number of nitrogens with one attached hydrogen (secondary N) is 1. The fourth-order valence-electron chi connectivity index (χ4n) is 1.84. The van der Waals surface area contributed by atoms with E-state index < -0.39 is 11.9 Å². The highest BCUT2D eigenvalue weighted by atomic mass is 35.5. The maximum Gasteiger partial charge on any atom is 0.435 e. The van der Waals surface area contributed by atoms with Crippen LogP contribution in [0, 0.1) is 0 Å². The number of nitrogens with zero attached hydrogens (tertiary/aromatic N) is 4. The first-order chi connectivity index (χ1) is 9.31. The summed E-state index contributed by atoms with van der Waals surface area (Å²) in [6.07, 6.45) is -1.52. The van der Waals surface area contributed by atoms with Gasteiger partial charge in [-0.25, -0.2) is 0 Å². The standard InChI is InChI=1S/C11H14F3N5O.ClH/c1-18-5-7(9(16-18)11(12,13)14)4-15-8-6-19(2)17-10(8)20-3;/h5-6,15H,4H2,1-3H3;1H. The molecular formula is C11H15ClF3N5O. The second kappa shape index (κ2) is 6.25. The third-order valence-electron chi connectivity index (χ3n) is 2.63. The number of aryl methyl sites for hydroxylation is 2. The largest absolute Gasteiger partial charge is 0.478 e. The highest BCUT2D eigenvalue weighted by Gasteiger charge is 2.36. The van der Waals surface area contributed by atoms with Crippen LogP contribution < -0.4 is 10.1 Å². The molecule has 0 saturated carbocycles. The van der Waals surface area contributed by atoms with Gasteiger partial charge in [-0.05, 0) is 0 Å². The molecule has 6 nitrogen and oxygen atoms in total. The van der Waals surface area contributed by atoms with Crippen LogP contribution in [0.25, 0.3) is 0 Å². The minimum Gasteiger partial charge on any atom is -0.478 e. The fourth-order valence-corrected chi connectivity index (χ4v) is 1.84. The molecule has 0 spiro atoms. The Kier molecular flexibility index (Phi) is 5.10. The van der Waals surface area contributed by atoms with Crippen molar-refractivity contribution < 1.29 is 17.9 Å². The molecule has 0 aromatic carbocycles. The number of rotatable bonds is 4. The SMILES string of the molecule is COc1nn(C)cc1NCc1cn(C)nc1C(F)(F)F.Cl. The van der Waals surface area contributed by atoms with Gasteiger partial charge in [-0.2, -0.15) is 18.3 Å². The third kappa shape index (κ3) is 3.81. The van der Waals surface area contributed by atoms with Crippen LogP contribution in [0.2, 0.25) is 0 Å². The van der Waals surface area contributed by atoms with Gasteiger partial charge >= 0.3 is 6.18 Å². The van der Waals surface area contributed by atoms with Crippen molar-refractivity contribution in [1.82, 2.24) is 19.6 Å². The van der Waals surface area contributed by atoms with Gasteiger partial charge in [0, 0.05) is 32.4 Å². The summed E-state index contributed by atoms with van der Waals surface area (Å²) >= 11 is 0. The monoisotopic (exact) mass is 325 g/mol. The lowest BCUT2D eigenvalue weighted by molar-refractivity contribution is -0.142. The van der Waals surface area contributed by atoms with Crippen LogP contribution in [-0.4, -0.2) is 26.7 Å². The quantitative estimate of drug-likeness (QED) is 0.936. The van der Waals surface area contributed by atoms with Gasteiger partial charge in [0.05, 0.1) is 13.3 Å². The Bertz CT molecular complexity index is 608. The summed E-state index contributed by atoms with van der Waals surface area (Å²) in [4.78, 5) is 0. The van der Waals surface area contributed by atoms with Crippen LogP contribution in [-0.2, 0) is 26.8 Å². The van der Waals surface area contributed by atoms with E-state index in [0.29, 0.717) is 11.6 Å². The minimum atomic E-state index is -4.47. The van der Waals surface area contributed by atoms with E-state index in [0.717, 1.165) is 4.68 Å². The van der Waals surface area contributed by atoms with Crippen LogP contribution in [0.3, 0.4) is 0 Å². The number of ether oxygens (including phenoxy) is 1. The summed E-state index contributed by atoms with van der Waals surface area (Å²) in [5.74, 6) is 0.324. The molecule has 0 fully saturated rings. The topological polar surface area (TPSA) is 56.9 Å². The number of hydrogen-bond donors (Lipinski definition) is 1. The zero-order valence-corrected chi connectivity index (χ0v) is 12.4. The molecule has 0 aliphatic carbocycles. The van der Waals surface area contributed by atoms with Crippen molar-refractivity contribution in [3.63, 3.8) is 0 Å². The third-order valence-corrected chi connectivity index (χ3v) is 2.63. The van der Waals surface area contributed by atoms with E-state index in [1.165, 1.54) is 25.0 Å². The normalized spacial score (nSPS) is 11.1. The van der Waals surface area contributed by atoms with Crippen LogP contribution in [0.1, 0.15) is 11.3 Å². The Morgan fingerprint density at radius 2 is 1.81 bits per heavy atom. The highest BCUT2D eigenvalue weighted by Crippen LogP contribution is 2.31. The lowest BCUT2D eigenvalue weighted by atomic mass is 10.2. The van der Waals surface area contributed by atoms with Crippen molar-refractivity contribution in [3.8, 4) is 5.88 Å². The van der Waals surface area contributed by atoms with Gasteiger partial charge in [0.2, 0.25) is 0 Å². The summed E-state index contributed by atoms with van der Waals surface area (Å²) in [5, 5.41) is 10.3. The number of methoxy groups -OCH3 is 1. The van der Waals surface area contributed by atoms with Crippen molar-refractivity contribution in [2.24, 2.45) is 14.1 Å². The summed E-state index contributed by atoms with van der Waals surface area (Å²) in [5.41, 5.74) is -0.312. The number of alkyl halides is 3. The summed E-state index contributed by atoms with van der Waals surface area (Å²) < 4.78 is 46.0. The van der Waals surface area contributed by atoms with E-state index in [4.69, 9.17) is 4.74 Å². The Morgan fingerprint density at radius 1 is 1.19 bits per heavy atom. The van der Waals surface area contributed by atoms with Crippen LogP contribution in [0.15, 0.2) is 12.4 Å². The first-order valence-electron chi connectivity index (χ1n) is 5.72. The maximum atomic E-state index is 12.8. The smallest absolute Gasteiger partial charge is 0.435 e. The Morgan fingerprint density at radius 3 is 2.38 bits per heavy atom. The van der Waals surface area contributed by atoms with E-state index in [2.05, 4.69) is 15.5 Å². The van der Waals surface area contributed by atoms with Crippen molar-refractivity contribution in [2.45, 2.75) is 12.7 Å². The first-order valence-corrected chi connectivity index (χ1v) is 5.72. The van der Waals surface area contributed by atoms with Gasteiger partial charge in [0.1, 0.15) is 5.69 Å². The van der Waals surface area contributed by atoms with E-state index in [1.54, 1.807) is 13.2 Å². The minimum absolute atomic E-state index is 0. The number of hydrogen-bond acceptors (Lipinski definition) is 4. The molecule has 0 bridgehead atoms. The summed E-state index contributed by atoms with van der Waals surface area (Å²) in [6, 6.07) is 0. The summed E-state index contributed by atoms with van der Waals surface area (Å²) in [6.45, 7) is -0.0231. The molecule has 2 aromatic heterocycles. The number of halogens is 4. The molecule has 0 radical (unpaired) electrons. The lowest BCUT2D eigenvalue weighted by Gasteiger charge is -2.07. The molecule has 0 saturated heterocycles. The van der Waals surface area contributed by atoms with E-state index in [9.17, 15) is 13.2 Å². The van der Waals surface area contributed by atoms with Gasteiger partial charge in [-0.3, -0.25) is 9.36 Å².